The number of amides is 1. The van der Waals surface area contributed by atoms with Crippen LogP contribution in [0.4, 0.5) is 5.13 Å². The van der Waals surface area contributed by atoms with Gasteiger partial charge in [-0.2, -0.15) is 0 Å². The smallest absolute Gasteiger partial charge is 0.297 e. The van der Waals surface area contributed by atoms with Gasteiger partial charge in [-0.15, -0.1) is 0 Å². The number of thiazole rings is 1. The number of Topliss-reactive ketones (excluding diaryl/α,β-unsaturated/α-hetero) is 1. The van der Waals surface area contributed by atoms with Gasteiger partial charge in [0.25, 0.3) is 5.91 Å². The molecular formula is C28H26N2O5S. The summed E-state index contributed by atoms with van der Waals surface area (Å²) in [7, 11) is 0. The van der Waals surface area contributed by atoms with E-state index in [2.05, 4.69) is 11.9 Å². The largest absolute Gasteiger partial charge is 0.494 e. The molecule has 0 radical (unpaired) electrons. The van der Waals surface area contributed by atoms with Crippen LogP contribution in [-0.4, -0.2) is 23.3 Å². The topological polar surface area (TPSA) is 89.7 Å². The van der Waals surface area contributed by atoms with Crippen LogP contribution in [0.25, 0.3) is 11.0 Å². The molecule has 3 heterocycles. The summed E-state index contributed by atoms with van der Waals surface area (Å²) in [5, 5.41) is 0.763. The Bertz CT molecular complexity index is 1570. The summed E-state index contributed by atoms with van der Waals surface area (Å²) < 4.78 is 11.9. The van der Waals surface area contributed by atoms with E-state index in [9.17, 15) is 14.4 Å². The van der Waals surface area contributed by atoms with Crippen LogP contribution in [0.3, 0.4) is 0 Å². The minimum atomic E-state index is -0.770. The van der Waals surface area contributed by atoms with Crippen molar-refractivity contribution in [2.75, 3.05) is 11.5 Å². The molecule has 5 rings (SSSR count). The predicted octanol–water partition coefficient (Wildman–Crippen LogP) is 6.00. The van der Waals surface area contributed by atoms with Crippen molar-refractivity contribution in [2.24, 2.45) is 0 Å². The number of ketones is 1. The number of fused-ring (bicyclic) bond motifs is 2. The van der Waals surface area contributed by atoms with Gasteiger partial charge < -0.3 is 9.15 Å². The number of aryl methyl sites for hydroxylation is 2. The Morgan fingerprint density at radius 1 is 1.17 bits per heavy atom. The third-order valence-corrected chi connectivity index (χ3v) is 7.53. The van der Waals surface area contributed by atoms with Crippen molar-refractivity contribution in [3.8, 4) is 5.75 Å². The summed E-state index contributed by atoms with van der Waals surface area (Å²) in [6.45, 7) is 7.78. The van der Waals surface area contributed by atoms with E-state index in [1.807, 2.05) is 37.3 Å². The van der Waals surface area contributed by atoms with E-state index in [4.69, 9.17) is 9.15 Å². The van der Waals surface area contributed by atoms with E-state index in [1.165, 1.54) is 11.8 Å². The number of anilines is 1. The van der Waals surface area contributed by atoms with Crippen molar-refractivity contribution in [1.29, 1.82) is 0 Å². The SMILES string of the molecule is CCCCOc1cccc(C2c3c(oc4ccc(C)cc4c3=O)C(=O)N2c2nc(C)c(C(C)=O)s2)c1. The maximum absolute atomic E-state index is 13.8. The maximum atomic E-state index is 13.8. The molecule has 1 aliphatic rings. The van der Waals surface area contributed by atoms with Crippen molar-refractivity contribution in [1.82, 2.24) is 4.98 Å². The van der Waals surface area contributed by atoms with Crippen LogP contribution >= 0.6 is 11.3 Å². The Morgan fingerprint density at radius 3 is 2.69 bits per heavy atom. The van der Waals surface area contributed by atoms with E-state index >= 15 is 0 Å². The lowest BCUT2D eigenvalue weighted by atomic mass is 9.98. The van der Waals surface area contributed by atoms with E-state index in [0.717, 1.165) is 29.7 Å². The van der Waals surface area contributed by atoms with Crippen LogP contribution in [0.15, 0.2) is 51.7 Å². The predicted molar refractivity (Wildman–Crippen MR) is 140 cm³/mol. The zero-order chi connectivity index (χ0) is 25.6. The molecule has 36 heavy (non-hydrogen) atoms. The Labute approximate surface area is 212 Å². The van der Waals surface area contributed by atoms with Gasteiger partial charge in [0.05, 0.1) is 34.2 Å². The number of aromatic nitrogens is 1. The van der Waals surface area contributed by atoms with Gasteiger partial charge in [0.2, 0.25) is 5.76 Å². The lowest BCUT2D eigenvalue weighted by molar-refractivity contribution is 0.0969. The quantitative estimate of drug-likeness (QED) is 0.228. The highest BCUT2D eigenvalue weighted by Crippen LogP contribution is 2.43. The molecule has 0 aliphatic carbocycles. The molecule has 2 aromatic heterocycles. The van der Waals surface area contributed by atoms with Crippen molar-refractivity contribution in [3.05, 3.63) is 85.7 Å². The van der Waals surface area contributed by atoms with E-state index < -0.39 is 11.9 Å². The fourth-order valence-corrected chi connectivity index (χ4v) is 5.51. The second-order valence-corrected chi connectivity index (χ2v) is 9.97. The van der Waals surface area contributed by atoms with Crippen LogP contribution in [0.1, 0.15) is 75.3 Å². The van der Waals surface area contributed by atoms with Crippen LogP contribution in [-0.2, 0) is 0 Å². The number of nitrogens with zero attached hydrogens (tertiary/aromatic N) is 2. The lowest BCUT2D eigenvalue weighted by Gasteiger charge is -2.23. The van der Waals surface area contributed by atoms with Crippen LogP contribution in [0, 0.1) is 13.8 Å². The summed E-state index contributed by atoms with van der Waals surface area (Å²) in [6, 6.07) is 12.0. The number of rotatable bonds is 7. The lowest BCUT2D eigenvalue weighted by Crippen LogP contribution is -2.29. The molecule has 0 saturated heterocycles. The molecule has 7 nitrogen and oxygen atoms in total. The summed E-state index contributed by atoms with van der Waals surface area (Å²) >= 11 is 1.14. The average Bonchev–Trinajstić information content (AvgIpc) is 3.37. The van der Waals surface area contributed by atoms with Gasteiger partial charge in [0, 0.05) is 6.92 Å². The third kappa shape index (κ3) is 4.01. The molecular weight excluding hydrogens is 476 g/mol. The molecule has 1 amide bonds. The van der Waals surface area contributed by atoms with Crippen LogP contribution < -0.4 is 15.1 Å². The first-order valence-corrected chi connectivity index (χ1v) is 12.7. The molecule has 4 aromatic rings. The fraction of sp³-hybridized carbons (Fsp3) is 0.286. The van der Waals surface area contributed by atoms with Crippen molar-refractivity contribution in [3.63, 3.8) is 0 Å². The second kappa shape index (κ2) is 9.35. The van der Waals surface area contributed by atoms with Crippen molar-refractivity contribution in [2.45, 2.75) is 46.6 Å². The van der Waals surface area contributed by atoms with Gasteiger partial charge in [0.1, 0.15) is 11.3 Å². The number of hydrogen-bond acceptors (Lipinski definition) is 7. The van der Waals surface area contributed by atoms with E-state index in [0.29, 0.717) is 44.6 Å². The average molecular weight is 503 g/mol. The molecule has 0 saturated carbocycles. The molecule has 0 spiro atoms. The molecule has 1 aliphatic heterocycles. The molecule has 184 valence electrons. The molecule has 1 atom stereocenters. The molecule has 8 heteroatoms. The molecule has 0 N–H and O–H groups in total. The summed E-state index contributed by atoms with van der Waals surface area (Å²) in [5.74, 6) is 0.0629. The highest BCUT2D eigenvalue weighted by Gasteiger charge is 2.45. The third-order valence-electron chi connectivity index (χ3n) is 6.28. The monoisotopic (exact) mass is 502 g/mol. The maximum Gasteiger partial charge on any atom is 0.297 e. The molecule has 0 bridgehead atoms. The first kappa shape index (κ1) is 23.9. The van der Waals surface area contributed by atoms with E-state index in [-0.39, 0.29) is 22.5 Å². The summed E-state index contributed by atoms with van der Waals surface area (Å²) in [5.41, 5.74) is 2.53. The fourth-order valence-electron chi connectivity index (χ4n) is 4.52. The Balaban J connectivity index is 1.73. The highest BCUT2D eigenvalue weighted by molar-refractivity contribution is 7.17. The van der Waals surface area contributed by atoms with Gasteiger partial charge in [-0.05, 0) is 50.1 Å². The Kier molecular flexibility index (Phi) is 6.22. The molecule has 2 aromatic carbocycles. The van der Waals surface area contributed by atoms with Gasteiger partial charge >= 0.3 is 0 Å². The number of benzene rings is 2. The summed E-state index contributed by atoms with van der Waals surface area (Å²) in [6.07, 6.45) is 1.93. The number of carbonyl (C=O) groups excluding carboxylic acids is 2. The number of unbranched alkanes of at least 4 members (excludes halogenated alkanes) is 1. The van der Waals surface area contributed by atoms with E-state index in [1.54, 1.807) is 19.1 Å². The standard InChI is InChI=1S/C28H26N2O5S/c1-5-6-12-34-19-9-7-8-18(14-19)23-22-24(32)20-13-15(2)10-11-21(20)35-25(22)27(33)30(23)28-29-16(3)26(36-28)17(4)31/h7-11,13-14,23H,5-6,12H2,1-4H3. The summed E-state index contributed by atoms with van der Waals surface area (Å²) in [4.78, 5) is 46.2. The first-order chi connectivity index (χ1) is 17.3. The van der Waals surface area contributed by atoms with Crippen molar-refractivity contribution >= 4 is 39.1 Å². The zero-order valence-corrected chi connectivity index (χ0v) is 21.4. The van der Waals surface area contributed by atoms with Crippen LogP contribution in [0.2, 0.25) is 0 Å². The number of carbonyl (C=O) groups is 2. The van der Waals surface area contributed by atoms with Gasteiger partial charge in [-0.1, -0.05) is 48.4 Å². The van der Waals surface area contributed by atoms with Gasteiger partial charge in [-0.25, -0.2) is 4.98 Å². The number of hydrogen-bond donors (Lipinski definition) is 0. The zero-order valence-electron chi connectivity index (χ0n) is 20.6. The normalized spacial score (nSPS) is 14.9. The van der Waals surface area contributed by atoms with Gasteiger partial charge in [0.15, 0.2) is 16.3 Å². The van der Waals surface area contributed by atoms with Crippen LogP contribution in [0.5, 0.6) is 5.75 Å². The van der Waals surface area contributed by atoms with Gasteiger partial charge in [-0.3, -0.25) is 19.3 Å². The number of ether oxygens (including phenoxy) is 1. The molecule has 1 unspecified atom stereocenters. The highest BCUT2D eigenvalue weighted by atomic mass is 32.1. The van der Waals surface area contributed by atoms with Crippen molar-refractivity contribution < 1.29 is 18.7 Å². The molecule has 0 fully saturated rings. The second-order valence-electron chi connectivity index (χ2n) is 8.99. The first-order valence-electron chi connectivity index (χ1n) is 11.9. The minimum Gasteiger partial charge on any atom is -0.494 e. The minimum absolute atomic E-state index is 0.00381. The Morgan fingerprint density at radius 2 is 1.97 bits per heavy atom. The Hall–Kier alpha value is -3.78.